The minimum Gasteiger partial charge on any atom is -0.295 e. The second-order valence-corrected chi connectivity index (χ2v) is 10.1. The van der Waals surface area contributed by atoms with Crippen molar-refractivity contribution in [1.82, 2.24) is 10.2 Å². The Morgan fingerprint density at radius 1 is 1.03 bits per heavy atom. The highest BCUT2D eigenvalue weighted by Crippen LogP contribution is 2.44. The van der Waals surface area contributed by atoms with E-state index in [1.54, 1.807) is 11.0 Å². The molecule has 1 amide bonds. The summed E-state index contributed by atoms with van der Waals surface area (Å²) in [5, 5.41) is 7.21. The van der Waals surface area contributed by atoms with Crippen molar-refractivity contribution >= 4 is 11.6 Å². The molecule has 4 rings (SSSR count). The predicted octanol–water partition coefficient (Wildman–Crippen LogP) is 6.67. The van der Waals surface area contributed by atoms with Gasteiger partial charge in [-0.05, 0) is 53.1 Å². The van der Waals surface area contributed by atoms with Crippen LogP contribution < -0.4 is 4.90 Å². The summed E-state index contributed by atoms with van der Waals surface area (Å²) in [4.78, 5) is 15.1. The second-order valence-electron chi connectivity index (χ2n) is 10.1. The first-order chi connectivity index (χ1) is 15.4. The van der Waals surface area contributed by atoms with E-state index in [-0.39, 0.29) is 17.2 Å². The van der Waals surface area contributed by atoms with Gasteiger partial charge in [-0.3, -0.25) is 14.8 Å². The number of aromatic nitrogens is 2. The zero-order chi connectivity index (χ0) is 24.1. The van der Waals surface area contributed by atoms with E-state index in [9.17, 15) is 18.0 Å². The maximum atomic E-state index is 13.5. The van der Waals surface area contributed by atoms with Crippen LogP contribution in [0.15, 0.2) is 48.5 Å². The van der Waals surface area contributed by atoms with Crippen molar-refractivity contribution in [3.8, 4) is 0 Å². The molecule has 2 heterocycles. The Bertz CT molecular complexity index is 1170. The highest BCUT2D eigenvalue weighted by Gasteiger charge is 2.43. The number of carbonyl (C=O) groups excluding carboxylic acids is 1. The summed E-state index contributed by atoms with van der Waals surface area (Å²) in [6, 6.07) is 12.2. The van der Waals surface area contributed by atoms with Gasteiger partial charge in [0.2, 0.25) is 0 Å². The molecule has 1 aliphatic heterocycles. The number of hydrogen-bond donors (Lipinski definition) is 1. The van der Waals surface area contributed by atoms with Crippen molar-refractivity contribution in [2.75, 3.05) is 4.90 Å². The lowest BCUT2D eigenvalue weighted by molar-refractivity contribution is -0.137. The Labute approximate surface area is 191 Å². The van der Waals surface area contributed by atoms with E-state index in [0.29, 0.717) is 34.6 Å². The van der Waals surface area contributed by atoms with Crippen molar-refractivity contribution in [3.63, 3.8) is 0 Å². The van der Waals surface area contributed by atoms with Gasteiger partial charge in [0.25, 0.3) is 5.91 Å². The highest BCUT2D eigenvalue weighted by molar-refractivity contribution is 6.10. The van der Waals surface area contributed by atoms with Gasteiger partial charge < -0.3 is 0 Å². The van der Waals surface area contributed by atoms with Crippen molar-refractivity contribution in [2.24, 2.45) is 5.92 Å². The van der Waals surface area contributed by atoms with E-state index in [1.165, 1.54) is 6.07 Å². The van der Waals surface area contributed by atoms with Gasteiger partial charge in [0.15, 0.2) is 0 Å². The number of nitrogens with one attached hydrogen (secondary N) is 1. The van der Waals surface area contributed by atoms with Crippen LogP contribution in [0.1, 0.15) is 79.1 Å². The van der Waals surface area contributed by atoms with Crippen LogP contribution in [0.25, 0.3) is 0 Å². The fourth-order valence-corrected chi connectivity index (χ4v) is 4.34. The van der Waals surface area contributed by atoms with Gasteiger partial charge in [-0.1, -0.05) is 58.9 Å². The molecule has 0 saturated carbocycles. The van der Waals surface area contributed by atoms with Crippen LogP contribution in [0.5, 0.6) is 0 Å². The predicted molar refractivity (Wildman–Crippen MR) is 122 cm³/mol. The third-order valence-electron chi connectivity index (χ3n) is 5.99. The molecular formula is C26H28F3N3O. The van der Waals surface area contributed by atoms with Crippen molar-refractivity contribution in [1.29, 1.82) is 0 Å². The van der Waals surface area contributed by atoms with Crippen molar-refractivity contribution in [2.45, 2.75) is 58.7 Å². The van der Waals surface area contributed by atoms with Gasteiger partial charge >= 0.3 is 6.18 Å². The van der Waals surface area contributed by atoms with Crippen LogP contribution in [-0.4, -0.2) is 16.1 Å². The highest BCUT2D eigenvalue weighted by atomic mass is 19.4. The Morgan fingerprint density at radius 2 is 1.70 bits per heavy atom. The van der Waals surface area contributed by atoms with Crippen molar-refractivity contribution < 1.29 is 18.0 Å². The summed E-state index contributed by atoms with van der Waals surface area (Å²) in [6.07, 6.45) is -3.86. The maximum absolute atomic E-state index is 13.5. The van der Waals surface area contributed by atoms with Gasteiger partial charge in [0, 0.05) is 11.3 Å². The monoisotopic (exact) mass is 455 g/mol. The van der Waals surface area contributed by atoms with E-state index >= 15 is 0 Å². The first-order valence-electron chi connectivity index (χ1n) is 11.1. The summed E-state index contributed by atoms with van der Waals surface area (Å²) in [6.45, 7) is 10.4. The minimum atomic E-state index is -4.47. The molecule has 0 radical (unpaired) electrons. The number of H-pyrrole nitrogens is 1. The number of hydrogen-bond acceptors (Lipinski definition) is 2. The molecule has 1 aromatic heterocycles. The average Bonchev–Trinajstić information content (AvgIpc) is 3.25. The maximum Gasteiger partial charge on any atom is 0.416 e. The number of halogens is 3. The summed E-state index contributed by atoms with van der Waals surface area (Å²) < 4.78 is 40.5. The molecule has 2 aromatic carbocycles. The molecule has 7 heteroatoms. The summed E-state index contributed by atoms with van der Waals surface area (Å²) >= 11 is 0. The number of aromatic amines is 1. The lowest BCUT2D eigenvalue weighted by Crippen LogP contribution is -2.30. The summed E-state index contributed by atoms with van der Waals surface area (Å²) in [5.41, 5.74) is 3.06. The summed E-state index contributed by atoms with van der Waals surface area (Å²) in [7, 11) is 0. The smallest absolute Gasteiger partial charge is 0.295 e. The number of benzene rings is 2. The number of nitrogens with zero attached hydrogens (tertiary/aromatic N) is 2. The number of rotatable bonds is 4. The van der Waals surface area contributed by atoms with E-state index in [0.717, 1.165) is 17.7 Å². The Morgan fingerprint density at radius 3 is 2.27 bits per heavy atom. The molecule has 174 valence electrons. The fraction of sp³-hybridized carbons (Fsp3) is 0.385. The first kappa shape index (κ1) is 23.1. The Hall–Kier alpha value is -3.09. The number of anilines is 1. The van der Waals surface area contributed by atoms with Crippen molar-refractivity contribution in [3.05, 3.63) is 82.2 Å². The van der Waals surface area contributed by atoms with E-state index < -0.39 is 17.8 Å². The molecule has 0 fully saturated rings. The normalized spacial score (nSPS) is 16.6. The molecule has 1 N–H and O–H groups in total. The van der Waals surface area contributed by atoms with E-state index in [4.69, 9.17) is 0 Å². The quantitative estimate of drug-likeness (QED) is 0.477. The summed E-state index contributed by atoms with van der Waals surface area (Å²) in [5.74, 6) is -0.0202. The second kappa shape index (κ2) is 8.04. The van der Waals surface area contributed by atoms with Gasteiger partial charge in [0.05, 0.1) is 17.3 Å². The van der Waals surface area contributed by atoms with E-state index in [1.807, 2.05) is 38.1 Å². The van der Waals surface area contributed by atoms with Crippen LogP contribution in [0.2, 0.25) is 0 Å². The van der Waals surface area contributed by atoms with Gasteiger partial charge in [-0.25, -0.2) is 0 Å². The lowest BCUT2D eigenvalue weighted by Gasteiger charge is -2.28. The standard InChI is InChI=1S/C26H28F3N3O/c1-15(2)13-20-21-22(31-30-20)24(33)32(19-11-9-17(10-12-19)25(3,4)5)23(21)16-7-6-8-18(14-16)26(27,28)29/h6-12,14-15,23H,13H2,1-5H3,(H,30,31). The lowest BCUT2D eigenvalue weighted by atomic mass is 9.87. The van der Waals surface area contributed by atoms with Gasteiger partial charge in [-0.15, -0.1) is 0 Å². The van der Waals surface area contributed by atoms with Crippen LogP contribution in [0, 0.1) is 5.92 Å². The minimum absolute atomic E-state index is 0.0629. The third kappa shape index (κ3) is 4.28. The third-order valence-corrected chi connectivity index (χ3v) is 5.99. The van der Waals surface area contributed by atoms with Gasteiger partial charge in [0.1, 0.15) is 5.69 Å². The Kier molecular flexibility index (Phi) is 5.63. The van der Waals surface area contributed by atoms with Crippen LogP contribution in [0.3, 0.4) is 0 Å². The van der Waals surface area contributed by atoms with Crippen LogP contribution in [-0.2, 0) is 18.0 Å². The molecule has 1 unspecified atom stereocenters. The molecule has 33 heavy (non-hydrogen) atoms. The number of alkyl halides is 3. The molecule has 1 aliphatic rings. The average molecular weight is 456 g/mol. The topological polar surface area (TPSA) is 49.0 Å². The van der Waals surface area contributed by atoms with Crippen LogP contribution >= 0.6 is 0 Å². The largest absolute Gasteiger partial charge is 0.416 e. The molecule has 0 spiro atoms. The number of amides is 1. The molecular weight excluding hydrogens is 427 g/mol. The molecule has 0 saturated heterocycles. The molecule has 0 aliphatic carbocycles. The number of carbonyl (C=O) groups is 1. The van der Waals surface area contributed by atoms with Gasteiger partial charge in [-0.2, -0.15) is 18.3 Å². The Balaban J connectivity index is 1.87. The molecule has 4 nitrogen and oxygen atoms in total. The van der Waals surface area contributed by atoms with E-state index in [2.05, 4.69) is 31.0 Å². The number of fused-ring (bicyclic) bond motifs is 1. The SMILES string of the molecule is CC(C)Cc1n[nH]c2c1C(c1cccc(C(F)(F)F)c1)N(c1ccc(C(C)(C)C)cc1)C2=O. The zero-order valence-corrected chi connectivity index (χ0v) is 19.4. The molecule has 3 aromatic rings. The first-order valence-corrected chi connectivity index (χ1v) is 11.1. The fourth-order valence-electron chi connectivity index (χ4n) is 4.34. The molecule has 0 bridgehead atoms. The molecule has 1 atom stereocenters. The zero-order valence-electron chi connectivity index (χ0n) is 19.4. The van der Waals surface area contributed by atoms with Crippen LogP contribution in [0.4, 0.5) is 18.9 Å².